The van der Waals surface area contributed by atoms with E-state index in [9.17, 15) is 13.2 Å². The zero-order valence-electron chi connectivity index (χ0n) is 17.0. The number of hydrogen-bond acceptors (Lipinski definition) is 3. The van der Waals surface area contributed by atoms with Gasteiger partial charge in [-0.3, -0.25) is 9.10 Å². The number of carbonyl (C=O) groups is 1. The summed E-state index contributed by atoms with van der Waals surface area (Å²) < 4.78 is 27.9. The van der Waals surface area contributed by atoms with Gasteiger partial charge in [0.2, 0.25) is 5.91 Å². The summed E-state index contributed by atoms with van der Waals surface area (Å²) in [6.45, 7) is 5.37. The van der Waals surface area contributed by atoms with Gasteiger partial charge in [-0.1, -0.05) is 35.9 Å². The molecule has 0 aliphatic rings. The minimum atomic E-state index is -3.98. The van der Waals surface area contributed by atoms with Crippen LogP contribution in [0, 0.1) is 20.8 Å². The maximum atomic E-state index is 13.4. The number of amides is 1. The number of halogens is 1. The Hall–Kier alpha value is -2.83. The van der Waals surface area contributed by atoms with E-state index in [0.717, 1.165) is 21.0 Å². The van der Waals surface area contributed by atoms with Crippen LogP contribution in [0.25, 0.3) is 0 Å². The van der Waals surface area contributed by atoms with Crippen molar-refractivity contribution in [2.75, 3.05) is 16.2 Å². The van der Waals surface area contributed by atoms with Crippen molar-refractivity contribution >= 4 is 38.9 Å². The van der Waals surface area contributed by atoms with Crippen LogP contribution in [0.2, 0.25) is 5.02 Å². The molecule has 1 N–H and O–H groups in total. The number of carbonyl (C=O) groups excluding carboxylic acids is 1. The SMILES string of the molecule is Cc1ccc(N(CC(=O)Nc2ccccc2C)S(=O)(=O)c2ccc(Cl)cc2)cc1C. The van der Waals surface area contributed by atoms with Crippen molar-refractivity contribution in [3.63, 3.8) is 0 Å². The number of anilines is 2. The highest BCUT2D eigenvalue weighted by Crippen LogP contribution is 2.27. The average molecular weight is 443 g/mol. The van der Waals surface area contributed by atoms with E-state index in [4.69, 9.17) is 11.6 Å². The van der Waals surface area contributed by atoms with Gasteiger partial charge in [0.25, 0.3) is 10.0 Å². The van der Waals surface area contributed by atoms with Gasteiger partial charge in [-0.2, -0.15) is 0 Å². The topological polar surface area (TPSA) is 66.5 Å². The first-order chi connectivity index (χ1) is 14.2. The molecule has 5 nitrogen and oxygen atoms in total. The Balaban J connectivity index is 1.99. The van der Waals surface area contributed by atoms with E-state index in [0.29, 0.717) is 16.4 Å². The zero-order chi connectivity index (χ0) is 21.9. The van der Waals surface area contributed by atoms with Crippen LogP contribution in [0.3, 0.4) is 0 Å². The van der Waals surface area contributed by atoms with Crippen molar-refractivity contribution in [1.82, 2.24) is 0 Å². The second-order valence-electron chi connectivity index (χ2n) is 7.10. The molecule has 0 aliphatic heterocycles. The summed E-state index contributed by atoms with van der Waals surface area (Å²) in [7, 11) is -3.98. The Bertz CT molecular complexity index is 1180. The van der Waals surface area contributed by atoms with Crippen LogP contribution in [0.1, 0.15) is 16.7 Å². The Morgan fingerprint density at radius 2 is 1.57 bits per heavy atom. The molecule has 3 rings (SSSR count). The highest BCUT2D eigenvalue weighted by atomic mass is 35.5. The first kappa shape index (κ1) is 21.9. The highest BCUT2D eigenvalue weighted by Gasteiger charge is 2.27. The molecule has 0 bridgehead atoms. The minimum Gasteiger partial charge on any atom is -0.324 e. The van der Waals surface area contributed by atoms with Crippen LogP contribution in [-0.4, -0.2) is 20.9 Å². The summed E-state index contributed by atoms with van der Waals surface area (Å²) in [5, 5.41) is 3.24. The number of aryl methyl sites for hydroxylation is 3. The van der Waals surface area contributed by atoms with E-state index < -0.39 is 15.9 Å². The molecule has 0 radical (unpaired) electrons. The highest BCUT2D eigenvalue weighted by molar-refractivity contribution is 7.92. The maximum absolute atomic E-state index is 13.4. The smallest absolute Gasteiger partial charge is 0.264 e. The molecule has 3 aromatic rings. The summed E-state index contributed by atoms with van der Waals surface area (Å²) in [5.41, 5.74) is 3.93. The van der Waals surface area contributed by atoms with Crippen LogP contribution in [0.4, 0.5) is 11.4 Å². The predicted octanol–water partition coefficient (Wildman–Crippen LogP) is 5.10. The molecule has 7 heteroatoms. The molecule has 3 aromatic carbocycles. The molecule has 0 saturated carbocycles. The molecule has 0 spiro atoms. The average Bonchev–Trinajstić information content (AvgIpc) is 2.70. The van der Waals surface area contributed by atoms with E-state index >= 15 is 0 Å². The number of para-hydroxylation sites is 1. The molecule has 0 aromatic heterocycles. The van der Waals surface area contributed by atoms with Gasteiger partial charge in [0.05, 0.1) is 10.6 Å². The van der Waals surface area contributed by atoms with Crippen molar-refractivity contribution < 1.29 is 13.2 Å². The number of rotatable bonds is 6. The van der Waals surface area contributed by atoms with Crippen molar-refractivity contribution in [2.45, 2.75) is 25.7 Å². The van der Waals surface area contributed by atoms with Gasteiger partial charge in [0, 0.05) is 10.7 Å². The van der Waals surface area contributed by atoms with Gasteiger partial charge in [-0.05, 0) is 79.9 Å². The minimum absolute atomic E-state index is 0.0637. The van der Waals surface area contributed by atoms with E-state index in [1.807, 2.05) is 45.0 Å². The summed E-state index contributed by atoms with van der Waals surface area (Å²) in [5.74, 6) is -0.430. The van der Waals surface area contributed by atoms with Crippen molar-refractivity contribution in [3.8, 4) is 0 Å². The molecule has 30 heavy (non-hydrogen) atoms. The molecule has 0 aliphatic carbocycles. The van der Waals surface area contributed by atoms with E-state index in [1.165, 1.54) is 24.3 Å². The maximum Gasteiger partial charge on any atom is 0.264 e. The number of nitrogens with zero attached hydrogens (tertiary/aromatic N) is 1. The van der Waals surface area contributed by atoms with Crippen molar-refractivity contribution in [3.05, 3.63) is 88.4 Å². The number of benzene rings is 3. The molecular weight excluding hydrogens is 420 g/mol. The quantitative estimate of drug-likeness (QED) is 0.577. The lowest BCUT2D eigenvalue weighted by Crippen LogP contribution is -2.38. The Morgan fingerprint density at radius 3 is 2.20 bits per heavy atom. The molecule has 156 valence electrons. The van der Waals surface area contributed by atoms with E-state index in [2.05, 4.69) is 5.32 Å². The van der Waals surface area contributed by atoms with E-state index in [1.54, 1.807) is 18.2 Å². The van der Waals surface area contributed by atoms with Crippen LogP contribution in [-0.2, 0) is 14.8 Å². The number of nitrogens with one attached hydrogen (secondary N) is 1. The first-order valence-corrected chi connectivity index (χ1v) is 11.2. The van der Waals surface area contributed by atoms with Gasteiger partial charge in [0.15, 0.2) is 0 Å². The summed E-state index contributed by atoms with van der Waals surface area (Å²) >= 11 is 5.91. The number of sulfonamides is 1. The van der Waals surface area contributed by atoms with Crippen LogP contribution in [0.15, 0.2) is 71.6 Å². The molecular formula is C23H23ClN2O3S. The standard InChI is InChI=1S/C23H23ClN2O3S/c1-16-8-11-20(14-18(16)3)26(30(28,29)21-12-9-19(24)10-13-21)15-23(27)25-22-7-5-4-6-17(22)2/h4-14H,15H2,1-3H3,(H,25,27). The lowest BCUT2D eigenvalue weighted by atomic mass is 10.1. The second kappa shape index (κ2) is 8.90. The fourth-order valence-electron chi connectivity index (χ4n) is 2.96. The third kappa shape index (κ3) is 4.83. The zero-order valence-corrected chi connectivity index (χ0v) is 18.6. The van der Waals surface area contributed by atoms with Gasteiger partial charge < -0.3 is 5.32 Å². The lowest BCUT2D eigenvalue weighted by Gasteiger charge is -2.25. The van der Waals surface area contributed by atoms with Gasteiger partial charge in [0.1, 0.15) is 6.54 Å². The van der Waals surface area contributed by atoms with Gasteiger partial charge in [-0.15, -0.1) is 0 Å². The Morgan fingerprint density at radius 1 is 0.900 bits per heavy atom. The first-order valence-electron chi connectivity index (χ1n) is 9.39. The molecule has 1 amide bonds. The lowest BCUT2D eigenvalue weighted by molar-refractivity contribution is -0.114. The fraction of sp³-hybridized carbons (Fsp3) is 0.174. The monoisotopic (exact) mass is 442 g/mol. The van der Waals surface area contributed by atoms with Crippen LogP contribution >= 0.6 is 11.6 Å². The summed E-state index contributed by atoms with van der Waals surface area (Å²) in [4.78, 5) is 12.9. The second-order valence-corrected chi connectivity index (χ2v) is 9.40. The molecule has 0 heterocycles. The normalized spacial score (nSPS) is 11.2. The number of hydrogen-bond donors (Lipinski definition) is 1. The Kier molecular flexibility index (Phi) is 6.48. The molecule has 0 atom stereocenters. The van der Waals surface area contributed by atoms with Crippen molar-refractivity contribution in [1.29, 1.82) is 0 Å². The summed E-state index contributed by atoms with van der Waals surface area (Å²) in [6.07, 6.45) is 0. The Labute approximate surface area is 182 Å². The third-order valence-corrected chi connectivity index (χ3v) is 6.93. The molecule has 0 unspecified atom stereocenters. The summed E-state index contributed by atoms with van der Waals surface area (Å²) in [6, 6.07) is 18.6. The molecule has 0 saturated heterocycles. The van der Waals surface area contributed by atoms with Crippen LogP contribution < -0.4 is 9.62 Å². The molecule has 0 fully saturated rings. The van der Waals surface area contributed by atoms with Gasteiger partial charge in [-0.25, -0.2) is 8.42 Å². The third-order valence-electron chi connectivity index (χ3n) is 4.89. The largest absolute Gasteiger partial charge is 0.324 e. The van der Waals surface area contributed by atoms with E-state index in [-0.39, 0.29) is 11.4 Å². The van der Waals surface area contributed by atoms with Crippen molar-refractivity contribution in [2.24, 2.45) is 0 Å². The van der Waals surface area contributed by atoms with Crippen LogP contribution in [0.5, 0.6) is 0 Å². The predicted molar refractivity (Wildman–Crippen MR) is 122 cm³/mol. The van der Waals surface area contributed by atoms with Gasteiger partial charge >= 0.3 is 0 Å². The fourth-order valence-corrected chi connectivity index (χ4v) is 4.50.